The van der Waals surface area contributed by atoms with Crippen molar-refractivity contribution in [2.24, 2.45) is 5.84 Å². The van der Waals surface area contributed by atoms with Crippen LogP contribution in [0.3, 0.4) is 0 Å². The SMILES string of the molecule is Cc1cccc(OCCC(Cc2nc(C)cs2)NN)c1. The van der Waals surface area contributed by atoms with E-state index in [1.807, 2.05) is 25.1 Å². The van der Waals surface area contributed by atoms with Gasteiger partial charge in [0.15, 0.2) is 0 Å². The molecule has 0 bridgehead atoms. The zero-order valence-electron chi connectivity index (χ0n) is 11.9. The van der Waals surface area contributed by atoms with Crippen molar-refractivity contribution in [3.05, 3.63) is 45.9 Å². The van der Waals surface area contributed by atoms with Gasteiger partial charge >= 0.3 is 0 Å². The van der Waals surface area contributed by atoms with E-state index in [9.17, 15) is 0 Å². The summed E-state index contributed by atoms with van der Waals surface area (Å²) >= 11 is 1.68. The number of nitrogens with zero attached hydrogens (tertiary/aromatic N) is 1. The summed E-state index contributed by atoms with van der Waals surface area (Å²) in [6.07, 6.45) is 1.69. The molecular weight excluding hydrogens is 270 g/mol. The highest BCUT2D eigenvalue weighted by atomic mass is 32.1. The molecule has 108 valence electrons. The van der Waals surface area contributed by atoms with Crippen LogP contribution in [-0.4, -0.2) is 17.6 Å². The van der Waals surface area contributed by atoms with Gasteiger partial charge in [-0.3, -0.25) is 11.3 Å². The number of rotatable bonds is 7. The molecule has 3 N–H and O–H groups in total. The minimum atomic E-state index is 0.186. The third-order valence-electron chi connectivity index (χ3n) is 3.05. The lowest BCUT2D eigenvalue weighted by Gasteiger charge is -2.15. The molecule has 4 nitrogen and oxygen atoms in total. The van der Waals surface area contributed by atoms with E-state index >= 15 is 0 Å². The Morgan fingerprint density at radius 2 is 2.25 bits per heavy atom. The van der Waals surface area contributed by atoms with E-state index in [0.29, 0.717) is 6.61 Å². The fourth-order valence-corrected chi connectivity index (χ4v) is 2.83. The Morgan fingerprint density at radius 3 is 2.90 bits per heavy atom. The fraction of sp³-hybridized carbons (Fsp3) is 0.400. The summed E-state index contributed by atoms with van der Waals surface area (Å²) in [6, 6.07) is 8.26. The Labute approximate surface area is 124 Å². The van der Waals surface area contributed by atoms with Gasteiger partial charge in [-0.25, -0.2) is 4.98 Å². The number of hydrazine groups is 1. The average Bonchev–Trinajstić information content (AvgIpc) is 2.83. The van der Waals surface area contributed by atoms with Crippen molar-refractivity contribution in [2.45, 2.75) is 32.7 Å². The smallest absolute Gasteiger partial charge is 0.119 e. The van der Waals surface area contributed by atoms with E-state index in [4.69, 9.17) is 10.6 Å². The molecule has 2 aromatic rings. The van der Waals surface area contributed by atoms with Gasteiger partial charge in [-0.1, -0.05) is 12.1 Å². The summed E-state index contributed by atoms with van der Waals surface area (Å²) < 4.78 is 5.75. The van der Waals surface area contributed by atoms with Crippen molar-refractivity contribution < 1.29 is 4.74 Å². The minimum absolute atomic E-state index is 0.186. The Kier molecular flexibility index (Phi) is 5.52. The quantitative estimate of drug-likeness (QED) is 0.608. The van der Waals surface area contributed by atoms with Crippen LogP contribution in [0.15, 0.2) is 29.6 Å². The van der Waals surface area contributed by atoms with Crippen molar-refractivity contribution in [2.75, 3.05) is 6.61 Å². The van der Waals surface area contributed by atoms with Crippen molar-refractivity contribution in [1.82, 2.24) is 10.4 Å². The molecule has 1 aromatic carbocycles. The summed E-state index contributed by atoms with van der Waals surface area (Å²) in [7, 11) is 0. The number of nitrogens with one attached hydrogen (secondary N) is 1. The number of ether oxygens (including phenoxy) is 1. The van der Waals surface area contributed by atoms with Crippen molar-refractivity contribution >= 4 is 11.3 Å². The first-order valence-corrected chi connectivity index (χ1v) is 7.62. The molecule has 1 aromatic heterocycles. The van der Waals surface area contributed by atoms with Gasteiger partial charge < -0.3 is 4.74 Å². The van der Waals surface area contributed by atoms with E-state index in [1.165, 1.54) is 5.56 Å². The van der Waals surface area contributed by atoms with Crippen LogP contribution in [0.2, 0.25) is 0 Å². The lowest BCUT2D eigenvalue weighted by Crippen LogP contribution is -2.37. The summed E-state index contributed by atoms with van der Waals surface area (Å²) in [6.45, 7) is 4.70. The van der Waals surface area contributed by atoms with Crippen LogP contribution in [0.1, 0.15) is 22.7 Å². The van der Waals surface area contributed by atoms with Crippen LogP contribution in [0.25, 0.3) is 0 Å². The first-order valence-electron chi connectivity index (χ1n) is 6.74. The molecule has 0 spiro atoms. The molecule has 0 fully saturated rings. The van der Waals surface area contributed by atoms with E-state index in [0.717, 1.165) is 29.3 Å². The zero-order chi connectivity index (χ0) is 14.4. The van der Waals surface area contributed by atoms with Gasteiger partial charge in [-0.15, -0.1) is 11.3 Å². The monoisotopic (exact) mass is 291 g/mol. The van der Waals surface area contributed by atoms with Gasteiger partial charge in [0.05, 0.1) is 11.6 Å². The normalized spacial score (nSPS) is 12.3. The Bertz CT molecular complexity index is 541. The van der Waals surface area contributed by atoms with Crippen molar-refractivity contribution in [3.8, 4) is 5.75 Å². The van der Waals surface area contributed by atoms with Gasteiger partial charge in [-0.2, -0.15) is 0 Å². The number of hydrogen-bond donors (Lipinski definition) is 2. The number of aromatic nitrogens is 1. The van der Waals surface area contributed by atoms with E-state index in [2.05, 4.69) is 28.8 Å². The highest BCUT2D eigenvalue weighted by molar-refractivity contribution is 7.09. The maximum atomic E-state index is 5.75. The summed E-state index contributed by atoms with van der Waals surface area (Å²) in [4.78, 5) is 4.46. The molecule has 1 heterocycles. The zero-order valence-corrected chi connectivity index (χ0v) is 12.7. The van der Waals surface area contributed by atoms with Crippen LogP contribution in [0, 0.1) is 13.8 Å². The molecule has 0 saturated heterocycles. The topological polar surface area (TPSA) is 60.2 Å². The molecule has 0 saturated carbocycles. The van der Waals surface area contributed by atoms with Crippen LogP contribution in [0.4, 0.5) is 0 Å². The van der Waals surface area contributed by atoms with Gasteiger partial charge in [0.2, 0.25) is 0 Å². The largest absolute Gasteiger partial charge is 0.494 e. The molecule has 1 atom stereocenters. The van der Waals surface area contributed by atoms with E-state index < -0.39 is 0 Å². The lowest BCUT2D eigenvalue weighted by molar-refractivity contribution is 0.285. The van der Waals surface area contributed by atoms with E-state index in [1.54, 1.807) is 11.3 Å². The maximum absolute atomic E-state index is 5.75. The van der Waals surface area contributed by atoms with E-state index in [-0.39, 0.29) is 6.04 Å². The Balaban J connectivity index is 1.79. The fourth-order valence-electron chi connectivity index (χ4n) is 1.98. The second-order valence-corrected chi connectivity index (χ2v) is 5.85. The second kappa shape index (κ2) is 7.38. The van der Waals surface area contributed by atoms with Gasteiger partial charge in [0, 0.05) is 23.5 Å². The first kappa shape index (κ1) is 15.0. The molecule has 0 aliphatic rings. The van der Waals surface area contributed by atoms with Gasteiger partial charge in [0.1, 0.15) is 5.75 Å². The molecule has 0 aliphatic heterocycles. The summed E-state index contributed by atoms with van der Waals surface area (Å²) in [5, 5.41) is 3.17. The van der Waals surface area contributed by atoms with Crippen LogP contribution in [-0.2, 0) is 6.42 Å². The van der Waals surface area contributed by atoms with Crippen LogP contribution >= 0.6 is 11.3 Å². The standard InChI is InChI=1S/C15H21N3OS/c1-11-4-3-5-14(8-11)19-7-6-13(18-16)9-15-17-12(2)10-20-15/h3-5,8,10,13,18H,6-7,9,16H2,1-2H3. The van der Waals surface area contributed by atoms with Crippen LogP contribution < -0.4 is 16.0 Å². The molecule has 20 heavy (non-hydrogen) atoms. The number of hydrogen-bond acceptors (Lipinski definition) is 5. The Morgan fingerprint density at radius 1 is 1.40 bits per heavy atom. The molecular formula is C15H21N3OS. The minimum Gasteiger partial charge on any atom is -0.494 e. The highest BCUT2D eigenvalue weighted by Gasteiger charge is 2.10. The average molecular weight is 291 g/mol. The predicted molar refractivity (Wildman–Crippen MR) is 83.0 cm³/mol. The van der Waals surface area contributed by atoms with Gasteiger partial charge in [-0.05, 0) is 38.0 Å². The number of benzene rings is 1. The molecule has 1 unspecified atom stereocenters. The molecule has 2 rings (SSSR count). The van der Waals surface area contributed by atoms with Crippen molar-refractivity contribution in [1.29, 1.82) is 0 Å². The maximum Gasteiger partial charge on any atom is 0.119 e. The number of nitrogens with two attached hydrogens (primary N) is 1. The second-order valence-electron chi connectivity index (χ2n) is 4.90. The molecule has 0 amide bonds. The molecule has 5 heteroatoms. The Hall–Kier alpha value is -1.43. The number of thiazole rings is 1. The third kappa shape index (κ3) is 4.59. The summed E-state index contributed by atoms with van der Waals surface area (Å²) in [5.74, 6) is 6.51. The van der Waals surface area contributed by atoms with Gasteiger partial charge in [0.25, 0.3) is 0 Å². The lowest BCUT2D eigenvalue weighted by atomic mass is 10.1. The highest BCUT2D eigenvalue weighted by Crippen LogP contribution is 2.14. The number of aryl methyl sites for hydroxylation is 2. The molecule has 0 radical (unpaired) electrons. The molecule has 0 aliphatic carbocycles. The van der Waals surface area contributed by atoms with Crippen LogP contribution in [0.5, 0.6) is 5.75 Å². The summed E-state index contributed by atoms with van der Waals surface area (Å²) in [5.41, 5.74) is 5.11. The predicted octanol–water partition coefficient (Wildman–Crippen LogP) is 2.60. The first-order chi connectivity index (χ1) is 9.67. The van der Waals surface area contributed by atoms with Crippen molar-refractivity contribution in [3.63, 3.8) is 0 Å². The third-order valence-corrected chi connectivity index (χ3v) is 4.04.